The normalized spacial score (nSPS) is 12.4. The van der Waals surface area contributed by atoms with Gasteiger partial charge in [0.1, 0.15) is 5.82 Å². The first-order chi connectivity index (χ1) is 7.25. The van der Waals surface area contributed by atoms with Gasteiger partial charge in [-0.1, -0.05) is 0 Å². The highest BCUT2D eigenvalue weighted by atomic mass is 32.2. The van der Waals surface area contributed by atoms with E-state index in [0.717, 1.165) is 12.1 Å². The Balaban J connectivity index is 3.27. The second-order valence-electron chi connectivity index (χ2n) is 3.84. The summed E-state index contributed by atoms with van der Waals surface area (Å²) in [5, 5.41) is 0. The van der Waals surface area contributed by atoms with Crippen LogP contribution in [0.1, 0.15) is 13.8 Å². The quantitative estimate of drug-likeness (QED) is 0.821. The van der Waals surface area contributed by atoms with Gasteiger partial charge in [0.2, 0.25) is 10.0 Å². The summed E-state index contributed by atoms with van der Waals surface area (Å²) in [4.78, 5) is -0.124. The van der Waals surface area contributed by atoms with E-state index < -0.39 is 15.8 Å². The number of hydrogen-bond donors (Lipinski definition) is 1. The second-order valence-corrected chi connectivity index (χ2v) is 5.83. The number of benzene rings is 1. The molecule has 2 N–H and O–H groups in total. The Morgan fingerprint density at radius 2 is 1.88 bits per heavy atom. The molecular weight excluding hydrogens is 231 g/mol. The third kappa shape index (κ3) is 2.51. The van der Waals surface area contributed by atoms with E-state index in [1.807, 2.05) is 0 Å². The molecule has 4 nitrogen and oxygen atoms in total. The van der Waals surface area contributed by atoms with Crippen LogP contribution >= 0.6 is 0 Å². The summed E-state index contributed by atoms with van der Waals surface area (Å²) in [6.45, 7) is 3.47. The summed E-state index contributed by atoms with van der Waals surface area (Å²) in [7, 11) is -2.22. The van der Waals surface area contributed by atoms with E-state index in [9.17, 15) is 12.8 Å². The van der Waals surface area contributed by atoms with Crippen molar-refractivity contribution in [3.63, 3.8) is 0 Å². The van der Waals surface area contributed by atoms with Crippen LogP contribution in [0.2, 0.25) is 0 Å². The van der Waals surface area contributed by atoms with Gasteiger partial charge in [0.15, 0.2) is 0 Å². The van der Waals surface area contributed by atoms with Crippen molar-refractivity contribution in [3.05, 3.63) is 24.0 Å². The molecule has 0 aliphatic carbocycles. The Kier molecular flexibility index (Phi) is 3.54. The number of sulfonamides is 1. The maximum Gasteiger partial charge on any atom is 0.243 e. The number of nitrogens with zero attached hydrogens (tertiary/aromatic N) is 1. The van der Waals surface area contributed by atoms with Crippen LogP contribution in [0.25, 0.3) is 0 Å². The van der Waals surface area contributed by atoms with Crippen LogP contribution in [0.4, 0.5) is 10.1 Å². The minimum Gasteiger partial charge on any atom is -0.399 e. The SMILES string of the molecule is CC(C)N(C)S(=O)(=O)c1cc(N)cc(F)c1. The van der Waals surface area contributed by atoms with Crippen LogP contribution in [-0.2, 0) is 10.0 Å². The zero-order valence-corrected chi connectivity index (χ0v) is 10.3. The molecule has 0 saturated carbocycles. The van der Waals surface area contributed by atoms with Gasteiger partial charge in [0.25, 0.3) is 0 Å². The van der Waals surface area contributed by atoms with Crippen molar-refractivity contribution >= 4 is 15.7 Å². The first-order valence-electron chi connectivity index (χ1n) is 4.79. The van der Waals surface area contributed by atoms with Crippen LogP contribution in [0, 0.1) is 5.82 Å². The van der Waals surface area contributed by atoms with Crippen molar-refractivity contribution in [2.45, 2.75) is 24.8 Å². The Morgan fingerprint density at radius 1 is 1.31 bits per heavy atom. The van der Waals surface area contributed by atoms with Crippen LogP contribution in [0.5, 0.6) is 0 Å². The summed E-state index contributed by atoms with van der Waals surface area (Å²) >= 11 is 0. The van der Waals surface area contributed by atoms with E-state index in [1.165, 1.54) is 17.4 Å². The lowest BCUT2D eigenvalue weighted by Crippen LogP contribution is -2.33. The molecule has 0 atom stereocenters. The van der Waals surface area contributed by atoms with Crippen molar-refractivity contribution in [2.75, 3.05) is 12.8 Å². The van der Waals surface area contributed by atoms with E-state index in [1.54, 1.807) is 13.8 Å². The van der Waals surface area contributed by atoms with Gasteiger partial charge in [-0.05, 0) is 32.0 Å². The summed E-state index contributed by atoms with van der Waals surface area (Å²) in [5.41, 5.74) is 5.50. The predicted molar refractivity (Wildman–Crippen MR) is 60.9 cm³/mol. The fourth-order valence-electron chi connectivity index (χ4n) is 1.18. The van der Waals surface area contributed by atoms with E-state index in [4.69, 9.17) is 5.73 Å². The van der Waals surface area contributed by atoms with Crippen molar-refractivity contribution < 1.29 is 12.8 Å². The van der Waals surface area contributed by atoms with Crippen molar-refractivity contribution in [3.8, 4) is 0 Å². The van der Waals surface area contributed by atoms with Gasteiger partial charge < -0.3 is 5.73 Å². The Morgan fingerprint density at radius 3 is 2.31 bits per heavy atom. The molecule has 0 aromatic heterocycles. The van der Waals surface area contributed by atoms with E-state index in [0.29, 0.717) is 0 Å². The van der Waals surface area contributed by atoms with Crippen LogP contribution < -0.4 is 5.73 Å². The van der Waals surface area contributed by atoms with Crippen molar-refractivity contribution in [2.24, 2.45) is 0 Å². The summed E-state index contributed by atoms with van der Waals surface area (Å²) in [6.07, 6.45) is 0. The molecule has 0 aliphatic rings. The van der Waals surface area contributed by atoms with Gasteiger partial charge in [0.05, 0.1) is 4.90 Å². The summed E-state index contributed by atoms with van der Waals surface area (Å²) in [5.74, 6) is -0.657. The molecule has 16 heavy (non-hydrogen) atoms. The highest BCUT2D eigenvalue weighted by Crippen LogP contribution is 2.20. The summed E-state index contributed by atoms with van der Waals surface area (Å²) in [6, 6.07) is 3.09. The van der Waals surface area contributed by atoms with Crippen LogP contribution in [0.3, 0.4) is 0 Å². The number of halogens is 1. The monoisotopic (exact) mass is 246 g/mol. The average Bonchev–Trinajstić information content (AvgIpc) is 2.14. The topological polar surface area (TPSA) is 63.4 Å². The molecule has 0 amide bonds. The molecule has 0 heterocycles. The fourth-order valence-corrected chi connectivity index (χ4v) is 2.61. The number of nitrogen functional groups attached to an aromatic ring is 1. The van der Waals surface area contributed by atoms with Gasteiger partial charge in [0, 0.05) is 18.8 Å². The number of nitrogens with two attached hydrogens (primary N) is 1. The Labute approximate surface area is 94.9 Å². The summed E-state index contributed by atoms with van der Waals surface area (Å²) < 4.78 is 38.2. The molecule has 0 spiro atoms. The molecule has 1 rings (SSSR count). The van der Waals surface area contributed by atoms with Gasteiger partial charge in [-0.15, -0.1) is 0 Å². The molecule has 1 aromatic carbocycles. The predicted octanol–water partition coefficient (Wildman–Crippen LogP) is 1.44. The third-order valence-corrected chi connectivity index (χ3v) is 4.31. The zero-order valence-electron chi connectivity index (χ0n) is 9.44. The highest BCUT2D eigenvalue weighted by molar-refractivity contribution is 7.89. The van der Waals surface area contributed by atoms with Crippen LogP contribution in [0.15, 0.2) is 23.1 Å². The highest BCUT2D eigenvalue weighted by Gasteiger charge is 2.23. The average molecular weight is 246 g/mol. The fraction of sp³-hybridized carbons (Fsp3) is 0.400. The molecule has 0 bridgehead atoms. The first kappa shape index (κ1) is 12.9. The van der Waals surface area contributed by atoms with Crippen LogP contribution in [-0.4, -0.2) is 25.8 Å². The largest absolute Gasteiger partial charge is 0.399 e. The minimum atomic E-state index is -3.67. The molecule has 0 unspecified atom stereocenters. The van der Waals surface area contributed by atoms with E-state index in [-0.39, 0.29) is 16.6 Å². The first-order valence-corrected chi connectivity index (χ1v) is 6.23. The van der Waals surface area contributed by atoms with Crippen molar-refractivity contribution in [1.82, 2.24) is 4.31 Å². The molecule has 0 radical (unpaired) electrons. The van der Waals surface area contributed by atoms with Gasteiger partial charge in [-0.2, -0.15) is 4.31 Å². The smallest absolute Gasteiger partial charge is 0.243 e. The van der Waals surface area contributed by atoms with Gasteiger partial charge in [-0.25, -0.2) is 12.8 Å². The zero-order chi connectivity index (χ0) is 12.5. The Bertz CT molecular complexity index is 465. The third-order valence-electron chi connectivity index (χ3n) is 2.30. The second kappa shape index (κ2) is 4.39. The molecule has 0 saturated heterocycles. The Hall–Kier alpha value is -1.14. The van der Waals surface area contributed by atoms with E-state index >= 15 is 0 Å². The standard InChI is InChI=1S/C10H15FN2O2S/c1-7(2)13(3)16(14,15)10-5-8(11)4-9(12)6-10/h4-7H,12H2,1-3H3. The maximum atomic E-state index is 13.1. The van der Waals surface area contributed by atoms with Gasteiger partial charge in [-0.3, -0.25) is 0 Å². The molecule has 1 aromatic rings. The molecule has 0 aliphatic heterocycles. The number of hydrogen-bond acceptors (Lipinski definition) is 3. The molecule has 6 heteroatoms. The molecular formula is C10H15FN2O2S. The van der Waals surface area contributed by atoms with E-state index in [2.05, 4.69) is 0 Å². The van der Waals surface area contributed by atoms with Gasteiger partial charge >= 0.3 is 0 Å². The lowest BCUT2D eigenvalue weighted by Gasteiger charge is -2.21. The van der Waals surface area contributed by atoms with Crippen molar-refractivity contribution in [1.29, 1.82) is 0 Å². The maximum absolute atomic E-state index is 13.1. The minimum absolute atomic E-state index is 0.0933. The lowest BCUT2D eigenvalue weighted by molar-refractivity contribution is 0.410. The number of rotatable bonds is 3. The molecule has 0 fully saturated rings. The molecule has 90 valence electrons. The lowest BCUT2D eigenvalue weighted by atomic mass is 10.3. The number of anilines is 1.